The van der Waals surface area contributed by atoms with Gasteiger partial charge in [-0.25, -0.2) is 4.99 Å². The molecule has 0 aliphatic heterocycles. The summed E-state index contributed by atoms with van der Waals surface area (Å²) in [6, 6.07) is 50.6. The van der Waals surface area contributed by atoms with Gasteiger partial charge in [0.05, 0.1) is 17.6 Å². The molecule has 7 aromatic rings. The standard InChI is InChI=1S/C41H34N4/c1-28-13-23-38-36(25-28)37-26-29(2)14-24-39(37)45(38)35-21-19-32(20-22-35)31-15-17-34(18-16-31)41(43-27-30-9-5-3-6-10-30)44-40(42)33-11-7-4-8-12-33/h3-26H,27H2,1-2H3,(H2,42,43,44). The third kappa shape index (κ3) is 5.78. The molecule has 0 amide bonds. The quantitative estimate of drug-likeness (QED) is 0.154. The molecule has 4 heteroatoms. The summed E-state index contributed by atoms with van der Waals surface area (Å²) >= 11 is 0. The topological polar surface area (TPSA) is 55.7 Å². The number of rotatable bonds is 6. The summed E-state index contributed by atoms with van der Waals surface area (Å²) in [5, 5.41) is 2.57. The number of fused-ring (bicyclic) bond motifs is 3. The van der Waals surface area contributed by atoms with Gasteiger partial charge >= 0.3 is 0 Å². The minimum atomic E-state index is 0.442. The van der Waals surface area contributed by atoms with Gasteiger partial charge in [0.1, 0.15) is 5.84 Å². The number of aryl methyl sites for hydroxylation is 2. The van der Waals surface area contributed by atoms with E-state index in [-0.39, 0.29) is 0 Å². The first-order valence-corrected chi connectivity index (χ1v) is 15.2. The minimum Gasteiger partial charge on any atom is -0.383 e. The Morgan fingerprint density at radius 3 is 1.69 bits per heavy atom. The van der Waals surface area contributed by atoms with Crippen molar-refractivity contribution in [2.75, 3.05) is 0 Å². The first-order chi connectivity index (χ1) is 22.0. The highest BCUT2D eigenvalue weighted by atomic mass is 15.0. The average Bonchev–Trinajstić information content (AvgIpc) is 3.40. The number of nitrogens with two attached hydrogens (primary N) is 1. The lowest BCUT2D eigenvalue weighted by molar-refractivity contribution is 1.06. The predicted octanol–water partition coefficient (Wildman–Crippen LogP) is 9.42. The molecule has 0 atom stereocenters. The van der Waals surface area contributed by atoms with Crippen LogP contribution < -0.4 is 5.73 Å². The fourth-order valence-electron chi connectivity index (χ4n) is 5.87. The van der Waals surface area contributed by atoms with Gasteiger partial charge in [0.15, 0.2) is 5.84 Å². The highest BCUT2D eigenvalue weighted by Gasteiger charge is 2.13. The predicted molar refractivity (Wildman–Crippen MR) is 190 cm³/mol. The van der Waals surface area contributed by atoms with E-state index in [9.17, 15) is 0 Å². The second kappa shape index (κ2) is 12.1. The van der Waals surface area contributed by atoms with E-state index in [1.54, 1.807) is 0 Å². The minimum absolute atomic E-state index is 0.442. The molecule has 0 saturated carbocycles. The van der Waals surface area contributed by atoms with Gasteiger partial charge < -0.3 is 10.3 Å². The molecule has 218 valence electrons. The molecule has 0 unspecified atom stereocenters. The maximum Gasteiger partial charge on any atom is 0.157 e. The molecule has 4 nitrogen and oxygen atoms in total. The van der Waals surface area contributed by atoms with E-state index >= 15 is 0 Å². The molecule has 6 aromatic carbocycles. The van der Waals surface area contributed by atoms with Gasteiger partial charge in [-0.3, -0.25) is 4.99 Å². The molecular weight excluding hydrogens is 548 g/mol. The van der Waals surface area contributed by atoms with Crippen LogP contribution in [0.5, 0.6) is 0 Å². The van der Waals surface area contributed by atoms with Crippen molar-refractivity contribution in [3.05, 3.63) is 173 Å². The maximum absolute atomic E-state index is 6.43. The number of hydrogen-bond acceptors (Lipinski definition) is 1. The van der Waals surface area contributed by atoms with E-state index < -0.39 is 0 Å². The lowest BCUT2D eigenvalue weighted by atomic mass is 10.0. The largest absolute Gasteiger partial charge is 0.383 e. The van der Waals surface area contributed by atoms with E-state index in [0.29, 0.717) is 18.2 Å². The van der Waals surface area contributed by atoms with E-state index in [1.807, 2.05) is 48.5 Å². The Balaban J connectivity index is 1.21. The van der Waals surface area contributed by atoms with Crippen molar-refractivity contribution >= 4 is 33.5 Å². The van der Waals surface area contributed by atoms with Crippen molar-refractivity contribution in [2.45, 2.75) is 20.4 Å². The Bertz CT molecular complexity index is 2110. The molecule has 2 N–H and O–H groups in total. The van der Waals surface area contributed by atoms with E-state index in [2.05, 4.69) is 115 Å². The number of hydrogen-bond donors (Lipinski definition) is 1. The zero-order valence-corrected chi connectivity index (χ0v) is 25.5. The summed E-state index contributed by atoms with van der Waals surface area (Å²) in [6.45, 7) is 4.83. The van der Waals surface area contributed by atoms with E-state index in [0.717, 1.165) is 33.5 Å². The maximum atomic E-state index is 6.43. The molecule has 45 heavy (non-hydrogen) atoms. The van der Waals surface area contributed by atoms with Gasteiger partial charge in [-0.05, 0) is 66.9 Å². The Hall–Kier alpha value is -5.74. The van der Waals surface area contributed by atoms with Crippen molar-refractivity contribution in [1.29, 1.82) is 0 Å². The highest BCUT2D eigenvalue weighted by Crippen LogP contribution is 2.34. The van der Waals surface area contributed by atoms with Crippen molar-refractivity contribution in [1.82, 2.24) is 4.57 Å². The van der Waals surface area contributed by atoms with Crippen molar-refractivity contribution in [2.24, 2.45) is 15.7 Å². The van der Waals surface area contributed by atoms with Crippen LogP contribution in [0.1, 0.15) is 27.8 Å². The zero-order valence-electron chi connectivity index (χ0n) is 25.5. The zero-order chi connectivity index (χ0) is 30.8. The van der Waals surface area contributed by atoms with Gasteiger partial charge in [-0.2, -0.15) is 0 Å². The van der Waals surface area contributed by atoms with Gasteiger partial charge in [-0.15, -0.1) is 0 Å². The number of aromatic nitrogens is 1. The second-order valence-electron chi connectivity index (χ2n) is 11.5. The van der Waals surface area contributed by atoms with Crippen LogP contribution in [-0.2, 0) is 6.54 Å². The first kappa shape index (κ1) is 28.1. The third-order valence-corrected chi connectivity index (χ3v) is 8.23. The first-order valence-electron chi connectivity index (χ1n) is 15.2. The van der Waals surface area contributed by atoms with Crippen molar-refractivity contribution in [3.8, 4) is 16.8 Å². The normalized spacial score (nSPS) is 12.2. The summed E-state index contributed by atoms with van der Waals surface area (Å²) < 4.78 is 2.36. The molecule has 0 fully saturated rings. The fourth-order valence-corrected chi connectivity index (χ4v) is 5.87. The van der Waals surface area contributed by atoms with Gasteiger partial charge in [-0.1, -0.05) is 120 Å². The van der Waals surface area contributed by atoms with Crippen LogP contribution in [0.3, 0.4) is 0 Å². The van der Waals surface area contributed by atoms with Crippen molar-refractivity contribution in [3.63, 3.8) is 0 Å². The Morgan fingerprint density at radius 2 is 1.11 bits per heavy atom. The molecule has 0 spiro atoms. The molecule has 1 aromatic heterocycles. The molecule has 0 bridgehead atoms. The summed E-state index contributed by atoms with van der Waals surface area (Å²) in [7, 11) is 0. The van der Waals surface area contributed by atoms with Gasteiger partial charge in [0, 0.05) is 27.6 Å². The summed E-state index contributed by atoms with van der Waals surface area (Å²) in [6.07, 6.45) is 0. The molecule has 7 rings (SSSR count). The van der Waals surface area contributed by atoms with Crippen LogP contribution in [0.15, 0.2) is 156 Å². The van der Waals surface area contributed by atoms with Crippen LogP contribution >= 0.6 is 0 Å². The van der Waals surface area contributed by atoms with E-state index in [1.165, 1.54) is 32.9 Å². The summed E-state index contributed by atoms with van der Waals surface area (Å²) in [5.74, 6) is 1.05. The van der Waals surface area contributed by atoms with Crippen LogP contribution in [0.25, 0.3) is 38.6 Å². The molecular formula is C41H34N4. The SMILES string of the molecule is Cc1ccc2c(c1)c1cc(C)ccc1n2-c1ccc(-c2ccc(C(/N=C(\N)c3ccccc3)=N/Cc3ccccc3)cc2)cc1. The fraction of sp³-hybridized carbons (Fsp3) is 0.0732. The van der Waals surface area contributed by atoms with Crippen molar-refractivity contribution < 1.29 is 0 Å². The van der Waals surface area contributed by atoms with Crippen LogP contribution in [0.2, 0.25) is 0 Å². The smallest absolute Gasteiger partial charge is 0.157 e. The summed E-state index contributed by atoms with van der Waals surface area (Å²) in [5.41, 5.74) is 17.7. The van der Waals surface area contributed by atoms with E-state index in [4.69, 9.17) is 15.7 Å². The number of amidine groups is 2. The number of aliphatic imine (C=N–C) groups is 2. The Labute approximate surface area is 263 Å². The summed E-state index contributed by atoms with van der Waals surface area (Å²) in [4.78, 5) is 9.66. The lowest BCUT2D eigenvalue weighted by Gasteiger charge is -2.10. The molecule has 0 aliphatic rings. The van der Waals surface area contributed by atoms with Crippen LogP contribution in [0, 0.1) is 13.8 Å². The average molecular weight is 583 g/mol. The number of benzene rings is 6. The molecule has 0 aliphatic carbocycles. The van der Waals surface area contributed by atoms with Gasteiger partial charge in [0.25, 0.3) is 0 Å². The molecule has 0 saturated heterocycles. The third-order valence-electron chi connectivity index (χ3n) is 8.23. The Morgan fingerprint density at radius 1 is 0.578 bits per heavy atom. The lowest BCUT2D eigenvalue weighted by Crippen LogP contribution is -2.16. The molecule has 1 heterocycles. The number of nitrogens with zero attached hydrogens (tertiary/aromatic N) is 3. The highest BCUT2D eigenvalue weighted by molar-refractivity contribution is 6.11. The van der Waals surface area contributed by atoms with Gasteiger partial charge in [0.2, 0.25) is 0 Å². The second-order valence-corrected chi connectivity index (χ2v) is 11.5. The van der Waals surface area contributed by atoms with Crippen LogP contribution in [-0.4, -0.2) is 16.2 Å². The Kier molecular flexibility index (Phi) is 7.54. The molecule has 0 radical (unpaired) electrons. The van der Waals surface area contributed by atoms with Crippen LogP contribution in [0.4, 0.5) is 0 Å². The monoisotopic (exact) mass is 582 g/mol.